The highest BCUT2D eigenvalue weighted by atomic mass is 35.5. The highest BCUT2D eigenvalue weighted by Crippen LogP contribution is 2.31. The van der Waals surface area contributed by atoms with Crippen molar-refractivity contribution in [2.45, 2.75) is 42.1 Å². The number of rotatable bonds is 7. The second-order valence-electron chi connectivity index (χ2n) is 6.95. The maximum absolute atomic E-state index is 12.8. The van der Waals surface area contributed by atoms with Gasteiger partial charge >= 0.3 is 11.9 Å². The van der Waals surface area contributed by atoms with Gasteiger partial charge in [-0.05, 0) is 24.3 Å². The number of hydrogen-bond acceptors (Lipinski definition) is 11. The van der Waals surface area contributed by atoms with E-state index in [1.807, 2.05) is 0 Å². The van der Waals surface area contributed by atoms with Crippen LogP contribution in [0.2, 0.25) is 5.02 Å². The second kappa shape index (κ2) is 9.64. The summed E-state index contributed by atoms with van der Waals surface area (Å²) in [6, 6.07) is 5.15. The van der Waals surface area contributed by atoms with Crippen LogP contribution in [0.4, 0.5) is 5.69 Å². The van der Waals surface area contributed by atoms with Gasteiger partial charge in [0.2, 0.25) is 16.3 Å². The molecule has 180 valence electrons. The minimum atomic E-state index is -4.36. The number of anilines is 1. The average molecular weight is 507 g/mol. The van der Waals surface area contributed by atoms with E-state index in [-0.39, 0.29) is 17.3 Å². The fourth-order valence-corrected chi connectivity index (χ4v) is 4.10. The molecule has 0 radical (unpaired) electrons. The van der Waals surface area contributed by atoms with Crippen LogP contribution in [0.15, 0.2) is 39.8 Å². The first-order valence-corrected chi connectivity index (χ1v) is 11.1. The van der Waals surface area contributed by atoms with Crippen molar-refractivity contribution in [3.63, 3.8) is 0 Å². The summed E-state index contributed by atoms with van der Waals surface area (Å²) in [6.07, 6.45) is -8.64. The predicted molar refractivity (Wildman–Crippen MR) is 109 cm³/mol. The van der Waals surface area contributed by atoms with Gasteiger partial charge in [-0.1, -0.05) is 11.6 Å². The van der Waals surface area contributed by atoms with Crippen molar-refractivity contribution in [3.05, 3.63) is 46.9 Å². The minimum absolute atomic E-state index is 0.0190. The molecule has 5 atom stereocenters. The molecule has 0 unspecified atom stereocenters. The fraction of sp³-hybridized carbons (Fsp3) is 0.333. The van der Waals surface area contributed by atoms with Crippen LogP contribution < -0.4 is 10.5 Å². The number of ether oxygens (including phenoxy) is 2. The van der Waals surface area contributed by atoms with Crippen LogP contribution in [0.25, 0.3) is 0 Å². The van der Waals surface area contributed by atoms with Gasteiger partial charge in [-0.2, -0.15) is 0 Å². The number of carbonyl (C=O) groups is 2. The number of carboxylic acid groups (broad SMARTS) is 1. The van der Waals surface area contributed by atoms with Gasteiger partial charge in [0.05, 0.1) is 29.1 Å². The lowest BCUT2D eigenvalue weighted by molar-refractivity contribution is -0.278. The first-order valence-electron chi connectivity index (χ1n) is 9.16. The molecule has 1 aromatic carbocycles. The van der Waals surface area contributed by atoms with Crippen LogP contribution in [-0.2, 0) is 30.8 Å². The maximum Gasteiger partial charge on any atom is 0.342 e. The van der Waals surface area contributed by atoms with Crippen molar-refractivity contribution in [2.75, 3.05) is 5.32 Å². The SMILES string of the molecule is NS(=O)(=O)c1cc(C(=O)O[C@H]2O[C@@H](C(=O)O)[C@H](O)[C@@H](O)[C@@H]2O)c(NCc2ccco2)cc1Cl. The van der Waals surface area contributed by atoms with Gasteiger partial charge in [0, 0.05) is 0 Å². The fourth-order valence-electron chi connectivity index (χ4n) is 3.00. The Morgan fingerprint density at radius 3 is 2.45 bits per heavy atom. The molecule has 0 aliphatic carbocycles. The summed E-state index contributed by atoms with van der Waals surface area (Å²) in [5, 5.41) is 46.4. The average Bonchev–Trinajstić information content (AvgIpc) is 3.25. The van der Waals surface area contributed by atoms with Gasteiger partial charge in [-0.3, -0.25) is 0 Å². The minimum Gasteiger partial charge on any atom is -0.479 e. The highest BCUT2D eigenvalue weighted by Gasteiger charge is 2.48. The number of benzene rings is 1. The molecular weight excluding hydrogens is 488 g/mol. The molecule has 7 N–H and O–H groups in total. The van der Waals surface area contributed by atoms with Gasteiger partial charge < -0.3 is 39.6 Å². The topological polar surface area (TPSA) is 219 Å². The molecular formula is C18H19ClN2O11S. The number of furan rings is 1. The first kappa shape index (κ1) is 24.9. The lowest BCUT2D eigenvalue weighted by Crippen LogP contribution is -2.60. The number of nitrogens with two attached hydrogens (primary N) is 1. The number of primary sulfonamides is 1. The van der Waals surface area contributed by atoms with E-state index in [2.05, 4.69) is 5.32 Å². The zero-order valence-electron chi connectivity index (χ0n) is 16.5. The number of esters is 1. The van der Waals surface area contributed by atoms with Crippen molar-refractivity contribution in [1.29, 1.82) is 0 Å². The van der Waals surface area contributed by atoms with Crippen molar-refractivity contribution < 1.29 is 52.3 Å². The van der Waals surface area contributed by atoms with Crippen LogP contribution >= 0.6 is 11.6 Å². The predicted octanol–water partition coefficient (Wildman–Crippen LogP) is -0.758. The number of hydrogen-bond donors (Lipinski definition) is 6. The van der Waals surface area contributed by atoms with E-state index < -0.39 is 63.1 Å². The third kappa shape index (κ3) is 5.44. The number of aliphatic carboxylic acids is 1. The quantitative estimate of drug-likeness (QED) is 0.255. The van der Waals surface area contributed by atoms with Crippen LogP contribution in [0.5, 0.6) is 0 Å². The van der Waals surface area contributed by atoms with E-state index in [1.54, 1.807) is 12.1 Å². The van der Waals surface area contributed by atoms with E-state index in [1.165, 1.54) is 6.26 Å². The molecule has 13 nitrogen and oxygen atoms in total. The molecule has 0 spiro atoms. The monoisotopic (exact) mass is 506 g/mol. The molecule has 33 heavy (non-hydrogen) atoms. The Bertz CT molecular complexity index is 1140. The van der Waals surface area contributed by atoms with Crippen molar-refractivity contribution in [2.24, 2.45) is 5.14 Å². The number of sulfonamides is 1. The van der Waals surface area contributed by atoms with Gasteiger partial charge in [-0.15, -0.1) is 0 Å². The van der Waals surface area contributed by atoms with Crippen LogP contribution in [0, 0.1) is 0 Å². The third-order valence-electron chi connectivity index (χ3n) is 4.67. The Kier molecular flexibility index (Phi) is 7.28. The van der Waals surface area contributed by atoms with Crippen LogP contribution in [0.3, 0.4) is 0 Å². The van der Waals surface area contributed by atoms with E-state index in [0.29, 0.717) is 5.76 Å². The Labute approximate surface area is 191 Å². The molecule has 1 aromatic heterocycles. The molecule has 1 saturated heterocycles. The van der Waals surface area contributed by atoms with Gasteiger partial charge in [0.25, 0.3) is 0 Å². The van der Waals surface area contributed by atoms with Crippen LogP contribution in [0.1, 0.15) is 16.1 Å². The first-order chi connectivity index (χ1) is 15.4. The highest BCUT2D eigenvalue weighted by molar-refractivity contribution is 7.89. The Morgan fingerprint density at radius 1 is 1.18 bits per heavy atom. The lowest BCUT2D eigenvalue weighted by atomic mass is 9.99. The third-order valence-corrected chi connectivity index (χ3v) is 6.04. The van der Waals surface area contributed by atoms with Crippen molar-refractivity contribution in [3.8, 4) is 0 Å². The number of aliphatic hydroxyl groups is 3. The van der Waals surface area contributed by atoms with Gasteiger partial charge in [0.1, 0.15) is 29.0 Å². The Balaban J connectivity index is 1.93. The summed E-state index contributed by atoms with van der Waals surface area (Å²) in [6.45, 7) is 0.0485. The summed E-state index contributed by atoms with van der Waals surface area (Å²) in [5.74, 6) is -2.51. The van der Waals surface area contributed by atoms with Crippen LogP contribution in [-0.4, -0.2) is 71.5 Å². The molecule has 3 rings (SSSR count). The summed E-state index contributed by atoms with van der Waals surface area (Å²) in [7, 11) is -4.36. The van der Waals surface area contributed by atoms with E-state index in [9.17, 15) is 33.3 Å². The summed E-state index contributed by atoms with van der Waals surface area (Å²) in [4.78, 5) is 23.5. The Morgan fingerprint density at radius 2 is 1.88 bits per heavy atom. The molecule has 1 fully saturated rings. The van der Waals surface area contributed by atoms with Gasteiger partial charge in [-0.25, -0.2) is 23.1 Å². The smallest absolute Gasteiger partial charge is 0.342 e. The van der Waals surface area contributed by atoms with Gasteiger partial charge in [0.15, 0.2) is 6.10 Å². The van der Waals surface area contributed by atoms with E-state index in [0.717, 1.165) is 12.1 Å². The maximum atomic E-state index is 12.8. The molecule has 2 aromatic rings. The number of halogens is 1. The van der Waals surface area contributed by atoms with Crippen molar-refractivity contribution >= 4 is 39.3 Å². The number of carboxylic acids is 1. The zero-order valence-corrected chi connectivity index (χ0v) is 18.1. The second-order valence-corrected chi connectivity index (χ2v) is 8.88. The molecule has 0 bridgehead atoms. The molecule has 15 heteroatoms. The summed E-state index contributed by atoms with van der Waals surface area (Å²) >= 11 is 5.99. The molecule has 1 aliphatic heterocycles. The summed E-state index contributed by atoms with van der Waals surface area (Å²) in [5.41, 5.74) is -0.437. The molecule has 2 heterocycles. The Hall–Kier alpha value is -2.72. The summed E-state index contributed by atoms with van der Waals surface area (Å²) < 4.78 is 38.7. The largest absolute Gasteiger partial charge is 0.479 e. The molecule has 0 saturated carbocycles. The molecule has 1 aliphatic rings. The number of nitrogens with one attached hydrogen (secondary N) is 1. The molecule has 0 amide bonds. The zero-order chi connectivity index (χ0) is 24.5. The van der Waals surface area contributed by atoms with Crippen molar-refractivity contribution in [1.82, 2.24) is 0 Å². The lowest BCUT2D eigenvalue weighted by Gasteiger charge is -2.38. The number of aliphatic hydroxyl groups excluding tert-OH is 3. The number of carbonyl (C=O) groups excluding carboxylic acids is 1. The standard InChI is InChI=1S/C18H19ClN2O11S/c19-9-5-10(21-6-7-2-1-3-30-7)8(4-11(9)33(20,28)29)17(27)32-18-14(24)12(22)13(23)15(31-18)16(25)26/h1-5,12-15,18,21-24H,6H2,(H,25,26)(H2,20,28,29)/t12-,13-,14+,15-,18-/m1/s1. The van der Waals surface area contributed by atoms with E-state index >= 15 is 0 Å². The van der Waals surface area contributed by atoms with E-state index in [4.69, 9.17) is 35.7 Å². The normalized spacial score (nSPS) is 25.4.